The summed E-state index contributed by atoms with van der Waals surface area (Å²) in [4.78, 5) is 26.0. The van der Waals surface area contributed by atoms with Crippen LogP contribution in [0, 0.1) is 13.8 Å². The van der Waals surface area contributed by atoms with Gasteiger partial charge in [0.05, 0.1) is 5.56 Å². The Bertz CT molecular complexity index is 1070. The Kier molecular flexibility index (Phi) is 5.95. The average molecular weight is 416 g/mol. The van der Waals surface area contributed by atoms with Crippen molar-refractivity contribution in [2.75, 3.05) is 7.05 Å². The van der Waals surface area contributed by atoms with Gasteiger partial charge in [0.2, 0.25) is 5.91 Å². The third-order valence-corrected chi connectivity index (χ3v) is 4.17. The van der Waals surface area contributed by atoms with Gasteiger partial charge in [-0.25, -0.2) is 19.6 Å². The molecule has 7 nitrogen and oxygen atoms in total. The number of halogens is 3. The summed E-state index contributed by atoms with van der Waals surface area (Å²) in [7, 11) is 1.63. The third kappa shape index (κ3) is 5.28. The zero-order valence-corrected chi connectivity index (χ0v) is 16.6. The first kappa shape index (κ1) is 21.2. The van der Waals surface area contributed by atoms with E-state index in [-0.39, 0.29) is 17.3 Å². The molecule has 0 aliphatic rings. The van der Waals surface area contributed by atoms with Gasteiger partial charge in [-0.1, -0.05) is 0 Å². The van der Waals surface area contributed by atoms with Crippen molar-refractivity contribution in [2.24, 2.45) is 0 Å². The molecular formula is C20H19F3N6O. The number of amides is 1. The highest BCUT2D eigenvalue weighted by atomic mass is 19.4. The van der Waals surface area contributed by atoms with Crippen molar-refractivity contribution < 1.29 is 18.0 Å². The smallest absolute Gasteiger partial charge is 0.338 e. The molecule has 2 aromatic heterocycles. The summed E-state index contributed by atoms with van der Waals surface area (Å²) >= 11 is 0. The first-order chi connectivity index (χ1) is 14.1. The van der Waals surface area contributed by atoms with E-state index in [4.69, 9.17) is 0 Å². The Balaban J connectivity index is 1.70. The fourth-order valence-electron chi connectivity index (χ4n) is 2.67. The van der Waals surface area contributed by atoms with Gasteiger partial charge >= 0.3 is 6.18 Å². The SMILES string of the molecule is Cc1cc(-c2ncn(/C=C\C(=O)N(C)Cc3cnc(C)nc3)n2)cc(C(F)(F)F)c1. The molecule has 1 aromatic carbocycles. The van der Waals surface area contributed by atoms with E-state index in [1.54, 1.807) is 39.4 Å². The van der Waals surface area contributed by atoms with E-state index in [9.17, 15) is 18.0 Å². The van der Waals surface area contributed by atoms with Gasteiger partial charge in [0.1, 0.15) is 12.2 Å². The summed E-state index contributed by atoms with van der Waals surface area (Å²) < 4.78 is 40.3. The number of hydrogen-bond donors (Lipinski definition) is 0. The maximum Gasteiger partial charge on any atom is 0.416 e. The molecule has 0 fully saturated rings. The van der Waals surface area contributed by atoms with Gasteiger partial charge in [-0.15, -0.1) is 5.10 Å². The maximum atomic E-state index is 13.0. The van der Waals surface area contributed by atoms with Gasteiger partial charge in [0.25, 0.3) is 0 Å². The lowest BCUT2D eigenvalue weighted by atomic mass is 10.1. The number of alkyl halides is 3. The summed E-state index contributed by atoms with van der Waals surface area (Å²) in [6, 6.07) is 3.63. The van der Waals surface area contributed by atoms with Crippen LogP contribution in [0.15, 0.2) is 43.0 Å². The molecule has 0 unspecified atom stereocenters. The number of benzene rings is 1. The van der Waals surface area contributed by atoms with Crippen LogP contribution in [0.1, 0.15) is 22.5 Å². The summed E-state index contributed by atoms with van der Waals surface area (Å²) in [6.45, 7) is 3.67. The van der Waals surface area contributed by atoms with Crippen molar-refractivity contribution in [2.45, 2.75) is 26.6 Å². The van der Waals surface area contributed by atoms with E-state index < -0.39 is 11.7 Å². The van der Waals surface area contributed by atoms with Crippen LogP contribution in [0.3, 0.4) is 0 Å². The first-order valence-electron chi connectivity index (χ1n) is 8.93. The van der Waals surface area contributed by atoms with E-state index in [0.29, 0.717) is 17.9 Å². The molecule has 0 bridgehead atoms. The average Bonchev–Trinajstić information content (AvgIpc) is 3.16. The van der Waals surface area contributed by atoms with Crippen molar-refractivity contribution in [1.82, 2.24) is 29.6 Å². The van der Waals surface area contributed by atoms with Crippen molar-refractivity contribution >= 4 is 12.1 Å². The van der Waals surface area contributed by atoms with Crippen LogP contribution in [-0.2, 0) is 17.5 Å². The second-order valence-corrected chi connectivity index (χ2v) is 6.78. The number of aryl methyl sites for hydroxylation is 2. The van der Waals surface area contributed by atoms with Crippen LogP contribution >= 0.6 is 0 Å². The number of likely N-dealkylation sites (N-methyl/N-ethyl adjacent to an activating group) is 1. The summed E-state index contributed by atoms with van der Waals surface area (Å²) in [5.74, 6) is 0.486. The highest BCUT2D eigenvalue weighted by Crippen LogP contribution is 2.32. The minimum Gasteiger partial charge on any atom is -0.338 e. The Hall–Kier alpha value is -3.56. The number of hydrogen-bond acceptors (Lipinski definition) is 5. The Labute approximate surface area is 170 Å². The standard InChI is InChI=1S/C20H19F3N6O/c1-13-6-16(8-17(7-13)20(21,22)23)19-26-12-29(27-19)5-4-18(30)28(3)11-15-9-24-14(2)25-10-15/h4-10,12H,11H2,1-3H3/b5-4-. The molecule has 0 aliphatic heterocycles. The van der Waals surface area contributed by atoms with Crippen LogP contribution < -0.4 is 0 Å². The van der Waals surface area contributed by atoms with Gasteiger partial charge < -0.3 is 4.90 Å². The van der Waals surface area contributed by atoms with E-state index in [0.717, 1.165) is 17.7 Å². The highest BCUT2D eigenvalue weighted by molar-refractivity contribution is 5.89. The van der Waals surface area contributed by atoms with Gasteiger partial charge in [-0.2, -0.15) is 13.2 Å². The van der Waals surface area contributed by atoms with Gasteiger partial charge in [-0.3, -0.25) is 4.79 Å². The lowest BCUT2D eigenvalue weighted by molar-refractivity contribution is -0.137. The normalized spacial score (nSPS) is 11.8. The van der Waals surface area contributed by atoms with Crippen molar-refractivity contribution in [3.63, 3.8) is 0 Å². The number of rotatable bonds is 5. The molecular weight excluding hydrogens is 397 g/mol. The number of aromatic nitrogens is 5. The third-order valence-electron chi connectivity index (χ3n) is 4.17. The second-order valence-electron chi connectivity index (χ2n) is 6.78. The fraction of sp³-hybridized carbons (Fsp3) is 0.250. The molecule has 3 aromatic rings. The largest absolute Gasteiger partial charge is 0.416 e. The first-order valence-corrected chi connectivity index (χ1v) is 8.93. The monoisotopic (exact) mass is 416 g/mol. The molecule has 3 rings (SSSR count). The number of carbonyl (C=O) groups excluding carboxylic acids is 1. The second kappa shape index (κ2) is 8.44. The Morgan fingerprint density at radius 3 is 2.50 bits per heavy atom. The topological polar surface area (TPSA) is 76.8 Å². The molecule has 10 heteroatoms. The summed E-state index contributed by atoms with van der Waals surface area (Å²) in [5, 5.41) is 4.13. The lowest BCUT2D eigenvalue weighted by Crippen LogP contribution is -2.24. The highest BCUT2D eigenvalue weighted by Gasteiger charge is 2.31. The summed E-state index contributed by atoms with van der Waals surface area (Å²) in [6.07, 6.45) is 2.85. The van der Waals surface area contributed by atoms with E-state index in [2.05, 4.69) is 20.1 Å². The number of nitrogens with zero attached hydrogens (tertiary/aromatic N) is 6. The maximum absolute atomic E-state index is 13.0. The Morgan fingerprint density at radius 1 is 1.13 bits per heavy atom. The van der Waals surface area contributed by atoms with Gasteiger partial charge in [0.15, 0.2) is 5.82 Å². The van der Waals surface area contributed by atoms with E-state index >= 15 is 0 Å². The van der Waals surface area contributed by atoms with Crippen LogP contribution in [0.5, 0.6) is 0 Å². The van der Waals surface area contributed by atoms with Gasteiger partial charge in [0, 0.05) is 49.4 Å². The van der Waals surface area contributed by atoms with E-state index in [1.807, 2.05) is 0 Å². The molecule has 0 N–H and O–H groups in total. The molecule has 0 saturated carbocycles. The molecule has 0 atom stereocenters. The predicted octanol–water partition coefficient (Wildman–Crippen LogP) is 3.50. The predicted molar refractivity (Wildman–Crippen MR) is 104 cm³/mol. The van der Waals surface area contributed by atoms with E-state index in [1.165, 1.54) is 28.2 Å². The number of carbonyl (C=O) groups is 1. The quantitative estimate of drug-likeness (QED) is 0.595. The molecule has 0 spiro atoms. The van der Waals surface area contributed by atoms with Crippen LogP contribution in [0.25, 0.3) is 17.6 Å². The molecule has 2 heterocycles. The van der Waals surface area contributed by atoms with Crippen LogP contribution in [0.4, 0.5) is 13.2 Å². The van der Waals surface area contributed by atoms with Crippen molar-refractivity contribution in [1.29, 1.82) is 0 Å². The molecule has 0 saturated heterocycles. The summed E-state index contributed by atoms with van der Waals surface area (Å²) in [5.41, 5.74) is 0.718. The minimum atomic E-state index is -4.46. The zero-order chi connectivity index (χ0) is 21.9. The molecule has 1 amide bonds. The molecule has 30 heavy (non-hydrogen) atoms. The molecule has 156 valence electrons. The Morgan fingerprint density at radius 2 is 1.83 bits per heavy atom. The van der Waals surface area contributed by atoms with Crippen molar-refractivity contribution in [3.8, 4) is 11.4 Å². The lowest BCUT2D eigenvalue weighted by Gasteiger charge is -2.14. The molecule has 0 radical (unpaired) electrons. The van der Waals surface area contributed by atoms with Crippen LogP contribution in [-0.4, -0.2) is 42.6 Å². The molecule has 0 aliphatic carbocycles. The van der Waals surface area contributed by atoms with Crippen LogP contribution in [0.2, 0.25) is 0 Å². The minimum absolute atomic E-state index is 0.131. The zero-order valence-electron chi connectivity index (χ0n) is 16.6. The van der Waals surface area contributed by atoms with Crippen molar-refractivity contribution in [3.05, 3.63) is 65.5 Å². The fourth-order valence-corrected chi connectivity index (χ4v) is 2.67. The van der Waals surface area contributed by atoms with Gasteiger partial charge in [-0.05, 0) is 37.6 Å².